The summed E-state index contributed by atoms with van der Waals surface area (Å²) in [4.78, 5) is 0. The Balaban J connectivity index is 0.000000271. The van der Waals surface area contributed by atoms with Gasteiger partial charge in [0.15, 0.2) is 0 Å². The Morgan fingerprint density at radius 2 is 0.691 bits per heavy atom. The van der Waals surface area contributed by atoms with Crippen LogP contribution in [0.3, 0.4) is 0 Å². The van der Waals surface area contributed by atoms with Crippen LogP contribution in [0.2, 0.25) is 0 Å². The van der Waals surface area contributed by atoms with Gasteiger partial charge in [-0.25, -0.2) is 0 Å². The molecule has 0 saturated heterocycles. The van der Waals surface area contributed by atoms with E-state index in [4.69, 9.17) is 0 Å². The Bertz CT molecular complexity index is 2520. The van der Waals surface area contributed by atoms with Crippen molar-refractivity contribution in [2.24, 2.45) is 10.8 Å². The summed E-state index contributed by atoms with van der Waals surface area (Å²) in [5.74, 6) is 0. The fraction of sp³-hybridized carbons (Fsp3) is 0.375. The standard InChI is InChI=1S/2C31H35.2CH3.2ClH.Si.Zr/c2*1-2-31(19-9-5-3-4-6-10-20-31)23-24-21-26-15-12-18-29(30(26)22-24)28-17-11-14-25-13-7-8-16-27(25)28;;;;;;/h2*7-8,11-18,21-22H,2-6,9-10,19-20,23H2,1H3;2*1H3;2*1H;;/q4*-1;;;;. The van der Waals surface area contributed by atoms with Crippen LogP contribution in [0.25, 0.3) is 65.3 Å². The summed E-state index contributed by atoms with van der Waals surface area (Å²) < 4.78 is 0. The molecule has 0 nitrogen and oxygen atoms in total. The number of benzene rings is 6. The quantitative estimate of drug-likeness (QED) is 0.105. The molecule has 0 heterocycles. The van der Waals surface area contributed by atoms with Crippen LogP contribution >= 0.6 is 24.8 Å². The summed E-state index contributed by atoms with van der Waals surface area (Å²) in [7, 11) is 0. The van der Waals surface area contributed by atoms with E-state index in [2.05, 4.69) is 166 Å². The van der Waals surface area contributed by atoms with Gasteiger partial charge in [0.05, 0.1) is 0 Å². The van der Waals surface area contributed by atoms with Crippen molar-refractivity contribution >= 4 is 74.8 Å². The average Bonchev–Trinajstić information content (AvgIpc) is 4.01. The Morgan fingerprint density at radius 1 is 0.397 bits per heavy atom. The molecule has 0 aromatic heterocycles. The second kappa shape index (κ2) is 28.0. The molecule has 360 valence electrons. The summed E-state index contributed by atoms with van der Waals surface area (Å²) in [5, 5.41) is 11.0. The predicted molar refractivity (Wildman–Crippen MR) is 305 cm³/mol. The van der Waals surface area contributed by atoms with Gasteiger partial charge < -0.3 is 14.9 Å². The van der Waals surface area contributed by atoms with Crippen molar-refractivity contribution in [3.8, 4) is 22.3 Å². The monoisotopic (exact) mass is 1030 g/mol. The first-order valence-corrected chi connectivity index (χ1v) is 29.3. The third-order valence-corrected chi connectivity index (χ3v) is 15.8. The van der Waals surface area contributed by atoms with Gasteiger partial charge in [-0.15, -0.1) is 93.9 Å². The van der Waals surface area contributed by atoms with Crippen molar-refractivity contribution in [1.82, 2.24) is 0 Å². The molecular weight excluding hydrogens is 959 g/mol. The van der Waals surface area contributed by atoms with E-state index in [1.807, 2.05) is 0 Å². The van der Waals surface area contributed by atoms with Crippen LogP contribution in [0, 0.1) is 25.7 Å². The normalized spacial score (nSPS) is 15.8. The van der Waals surface area contributed by atoms with Crippen molar-refractivity contribution in [2.75, 3.05) is 0 Å². The first-order chi connectivity index (χ1) is 31.6. The number of rotatable bonds is 8. The third-order valence-electron chi connectivity index (χ3n) is 15.8. The van der Waals surface area contributed by atoms with Gasteiger partial charge in [-0.3, -0.25) is 0 Å². The maximum absolute atomic E-state index is 3.06. The summed E-state index contributed by atoms with van der Waals surface area (Å²) in [6.07, 6.45) is 27.8. The van der Waals surface area contributed by atoms with Gasteiger partial charge in [0.1, 0.15) is 0 Å². The second-order valence-electron chi connectivity index (χ2n) is 19.7. The van der Waals surface area contributed by atoms with Crippen LogP contribution in [0.5, 0.6) is 0 Å². The van der Waals surface area contributed by atoms with Crippen LogP contribution in [-0.4, -0.2) is 6.88 Å². The van der Waals surface area contributed by atoms with Gasteiger partial charge in [-0.2, -0.15) is 12.1 Å². The van der Waals surface area contributed by atoms with E-state index < -0.39 is 0 Å². The van der Waals surface area contributed by atoms with Crippen LogP contribution in [0.1, 0.15) is 141 Å². The molecule has 10 rings (SSSR count). The van der Waals surface area contributed by atoms with Crippen molar-refractivity contribution in [3.05, 3.63) is 172 Å². The zero-order valence-corrected chi connectivity index (χ0v) is 46.9. The van der Waals surface area contributed by atoms with Crippen LogP contribution < -0.4 is 0 Å². The fourth-order valence-corrected chi connectivity index (χ4v) is 12.0. The van der Waals surface area contributed by atoms with E-state index in [9.17, 15) is 0 Å². The Labute approximate surface area is 441 Å². The first kappa shape index (κ1) is 57.3. The molecule has 2 radical (unpaired) electrons. The van der Waals surface area contributed by atoms with Gasteiger partial charge in [0.25, 0.3) is 0 Å². The zero-order chi connectivity index (χ0) is 44.2. The molecule has 8 aromatic carbocycles. The van der Waals surface area contributed by atoms with E-state index in [0.717, 1.165) is 0 Å². The molecule has 0 atom stereocenters. The van der Waals surface area contributed by atoms with Crippen molar-refractivity contribution < 1.29 is 23.3 Å². The molecule has 0 aliphatic heterocycles. The van der Waals surface area contributed by atoms with E-state index >= 15 is 0 Å². The van der Waals surface area contributed by atoms with Crippen LogP contribution in [0.15, 0.2) is 146 Å². The van der Waals surface area contributed by atoms with E-state index in [0.29, 0.717) is 10.8 Å². The maximum atomic E-state index is 3.06. The molecule has 8 aromatic rings. The molecule has 0 amide bonds. The minimum absolute atomic E-state index is 0. The van der Waals surface area contributed by atoms with Crippen molar-refractivity contribution in [2.45, 2.75) is 142 Å². The summed E-state index contributed by atoms with van der Waals surface area (Å²) in [6, 6.07) is 54.6. The number of hydrogen-bond donors (Lipinski definition) is 0. The number of halogens is 2. The Hall–Kier alpha value is -3.26. The number of hydrogen-bond acceptors (Lipinski definition) is 0. The van der Waals surface area contributed by atoms with Gasteiger partial charge >= 0.3 is 30.2 Å². The molecular formula is C64H78Cl2SiZr-4. The molecule has 2 saturated carbocycles. The Morgan fingerprint density at radius 3 is 1.04 bits per heavy atom. The predicted octanol–water partition coefficient (Wildman–Crippen LogP) is 20.3. The van der Waals surface area contributed by atoms with Gasteiger partial charge in [-0.05, 0) is 82.0 Å². The average molecular weight is 1040 g/mol. The van der Waals surface area contributed by atoms with Gasteiger partial charge in [-0.1, -0.05) is 212 Å². The zero-order valence-electron chi connectivity index (χ0n) is 41.8. The summed E-state index contributed by atoms with van der Waals surface area (Å²) in [5.41, 5.74) is 9.54. The molecule has 2 aliphatic carbocycles. The molecule has 2 aliphatic rings. The summed E-state index contributed by atoms with van der Waals surface area (Å²) in [6.45, 7) is 7.93. The first-order valence-electron chi connectivity index (χ1n) is 25.1. The van der Waals surface area contributed by atoms with Gasteiger partial charge in [0.2, 0.25) is 0 Å². The second-order valence-corrected chi connectivity index (χ2v) is 19.7. The molecule has 0 spiro atoms. The van der Waals surface area contributed by atoms with E-state index in [1.54, 1.807) is 11.1 Å². The molecule has 4 heteroatoms. The summed E-state index contributed by atoms with van der Waals surface area (Å²) >= 11 is 1.36. The van der Waals surface area contributed by atoms with E-state index in [1.165, 1.54) is 217 Å². The number of fused-ring (bicyclic) bond motifs is 4. The minimum atomic E-state index is 0. The topological polar surface area (TPSA) is 0 Å². The van der Waals surface area contributed by atoms with Crippen molar-refractivity contribution in [1.29, 1.82) is 0 Å². The van der Waals surface area contributed by atoms with Crippen LogP contribution in [-0.2, 0) is 36.2 Å². The molecule has 0 unspecified atom stereocenters. The van der Waals surface area contributed by atoms with E-state index in [-0.39, 0.29) is 39.7 Å². The fourth-order valence-electron chi connectivity index (χ4n) is 12.0. The van der Waals surface area contributed by atoms with Crippen molar-refractivity contribution in [3.63, 3.8) is 0 Å². The van der Waals surface area contributed by atoms with Crippen LogP contribution in [0.4, 0.5) is 0 Å². The molecule has 0 bridgehead atoms. The third kappa shape index (κ3) is 13.6. The Kier molecular flexibility index (Phi) is 23.6. The molecule has 0 N–H and O–H groups in total. The SMILES string of the molecule is CCC1(Cc2cc3c(-c4cccc5ccccc45)cccc3[cH-]2)CCCCCCCC1.CCC1(Cc2cc3c(-c4cccc5ccccc45)cccc3[cH-]2)CCCCCCCC1.Cl.Cl.[CH3-].[CH3-].[Si]=[Zr]. The van der Waals surface area contributed by atoms with Gasteiger partial charge in [0, 0.05) is 0 Å². The molecule has 2 fully saturated rings. The molecule has 68 heavy (non-hydrogen) atoms.